The van der Waals surface area contributed by atoms with Crippen molar-refractivity contribution in [1.29, 1.82) is 0 Å². The highest BCUT2D eigenvalue weighted by Crippen LogP contribution is 2.32. The summed E-state index contributed by atoms with van der Waals surface area (Å²) in [6.07, 6.45) is 0. The second kappa shape index (κ2) is 8.24. The number of hydrogen-bond donors (Lipinski definition) is 1. The molecule has 0 saturated carbocycles. The number of benzene rings is 3. The van der Waals surface area contributed by atoms with Crippen LogP contribution in [0.15, 0.2) is 54.6 Å². The van der Waals surface area contributed by atoms with Crippen LogP contribution in [-0.2, 0) is 0 Å². The van der Waals surface area contributed by atoms with Crippen LogP contribution in [0, 0.1) is 26.6 Å². The van der Waals surface area contributed by atoms with Gasteiger partial charge in [0.15, 0.2) is 5.82 Å². The molecule has 3 amide bonds. The molecule has 0 aliphatic carbocycles. The molecule has 1 aliphatic heterocycles. The molecular formula is C25H19FN6O3. The predicted molar refractivity (Wildman–Crippen MR) is 125 cm³/mol. The third-order valence-electron chi connectivity index (χ3n) is 5.81. The molecule has 2 heterocycles. The standard InChI is InChI=1S/C25H19FN6O3/c1-13-4-5-14(2)21(10-13)31-24(34)18-8-6-16(11-19(18)25(31)35)23(33)27-17-7-9-20(26)22(12-17)32-15(3)28-29-30-32/h4-12H,1-3H3,(H,27,33). The number of hydrogen-bond acceptors (Lipinski definition) is 6. The fourth-order valence-electron chi connectivity index (χ4n) is 3.97. The van der Waals surface area contributed by atoms with Gasteiger partial charge in [0.2, 0.25) is 0 Å². The molecule has 0 saturated heterocycles. The van der Waals surface area contributed by atoms with Gasteiger partial charge in [-0.15, -0.1) is 5.10 Å². The maximum atomic E-state index is 14.3. The lowest BCUT2D eigenvalue weighted by atomic mass is 10.1. The first-order valence-corrected chi connectivity index (χ1v) is 10.7. The molecule has 9 nitrogen and oxygen atoms in total. The van der Waals surface area contributed by atoms with Crippen LogP contribution in [0.2, 0.25) is 0 Å². The van der Waals surface area contributed by atoms with Gasteiger partial charge in [-0.3, -0.25) is 14.4 Å². The Labute approximate surface area is 199 Å². The molecule has 0 atom stereocenters. The molecule has 4 aromatic rings. The lowest BCUT2D eigenvalue weighted by Crippen LogP contribution is -2.30. The molecule has 1 N–H and O–H groups in total. The second-order valence-electron chi connectivity index (χ2n) is 8.25. The highest BCUT2D eigenvalue weighted by Gasteiger charge is 2.37. The van der Waals surface area contributed by atoms with Crippen molar-refractivity contribution < 1.29 is 18.8 Å². The zero-order chi connectivity index (χ0) is 24.9. The van der Waals surface area contributed by atoms with E-state index in [1.54, 1.807) is 13.0 Å². The number of imide groups is 1. The van der Waals surface area contributed by atoms with Gasteiger partial charge in [0.05, 0.1) is 16.8 Å². The van der Waals surface area contributed by atoms with E-state index in [0.717, 1.165) is 16.0 Å². The molecule has 5 rings (SSSR count). The van der Waals surface area contributed by atoms with E-state index < -0.39 is 23.5 Å². The highest BCUT2D eigenvalue weighted by molar-refractivity contribution is 6.35. The van der Waals surface area contributed by atoms with Gasteiger partial charge in [-0.1, -0.05) is 12.1 Å². The van der Waals surface area contributed by atoms with Crippen LogP contribution < -0.4 is 10.2 Å². The number of amides is 3. The Balaban J connectivity index is 1.43. The summed E-state index contributed by atoms with van der Waals surface area (Å²) in [6, 6.07) is 13.9. The molecule has 3 aromatic carbocycles. The first-order chi connectivity index (χ1) is 16.7. The van der Waals surface area contributed by atoms with E-state index in [4.69, 9.17) is 0 Å². The maximum absolute atomic E-state index is 14.3. The lowest BCUT2D eigenvalue weighted by Gasteiger charge is -2.17. The number of rotatable bonds is 4. The minimum atomic E-state index is -0.563. The fourth-order valence-corrected chi connectivity index (χ4v) is 3.97. The number of nitrogens with zero attached hydrogens (tertiary/aromatic N) is 5. The van der Waals surface area contributed by atoms with Gasteiger partial charge < -0.3 is 5.32 Å². The van der Waals surface area contributed by atoms with Gasteiger partial charge in [-0.05, 0) is 84.8 Å². The second-order valence-corrected chi connectivity index (χ2v) is 8.25. The summed E-state index contributed by atoms with van der Waals surface area (Å²) in [5, 5.41) is 13.7. The Morgan fingerprint density at radius 2 is 1.66 bits per heavy atom. The number of aromatic nitrogens is 4. The molecule has 0 spiro atoms. The van der Waals surface area contributed by atoms with Gasteiger partial charge >= 0.3 is 0 Å². The van der Waals surface area contributed by atoms with Crippen LogP contribution in [0.3, 0.4) is 0 Å². The summed E-state index contributed by atoms with van der Waals surface area (Å²) >= 11 is 0. The summed E-state index contributed by atoms with van der Waals surface area (Å²) in [6.45, 7) is 5.32. The van der Waals surface area contributed by atoms with E-state index in [-0.39, 0.29) is 22.4 Å². The Bertz CT molecular complexity index is 1540. The number of carbonyl (C=O) groups excluding carboxylic acids is 3. The number of carbonyl (C=O) groups is 3. The molecule has 0 unspecified atom stereocenters. The number of fused-ring (bicyclic) bond motifs is 1. The van der Waals surface area contributed by atoms with Gasteiger partial charge in [-0.25, -0.2) is 9.29 Å². The first-order valence-electron chi connectivity index (χ1n) is 10.7. The molecule has 10 heteroatoms. The summed E-state index contributed by atoms with van der Waals surface area (Å²) in [7, 11) is 0. The highest BCUT2D eigenvalue weighted by atomic mass is 19.1. The van der Waals surface area contributed by atoms with Gasteiger partial charge in [0.25, 0.3) is 17.7 Å². The molecule has 0 fully saturated rings. The van der Waals surface area contributed by atoms with Crippen LogP contribution in [0.4, 0.5) is 15.8 Å². The van der Waals surface area contributed by atoms with Crippen molar-refractivity contribution in [2.24, 2.45) is 0 Å². The van der Waals surface area contributed by atoms with E-state index in [2.05, 4.69) is 20.8 Å². The van der Waals surface area contributed by atoms with E-state index in [1.807, 2.05) is 26.0 Å². The Morgan fingerprint density at radius 1 is 0.886 bits per heavy atom. The van der Waals surface area contributed by atoms with Crippen molar-refractivity contribution in [3.8, 4) is 5.69 Å². The molecule has 174 valence electrons. The van der Waals surface area contributed by atoms with Gasteiger partial charge in [0, 0.05) is 11.3 Å². The topological polar surface area (TPSA) is 110 Å². The normalized spacial score (nSPS) is 12.7. The smallest absolute Gasteiger partial charge is 0.266 e. The van der Waals surface area contributed by atoms with Crippen molar-refractivity contribution >= 4 is 29.1 Å². The third-order valence-corrected chi connectivity index (χ3v) is 5.81. The quantitative estimate of drug-likeness (QED) is 0.455. The van der Waals surface area contributed by atoms with Gasteiger partial charge in [-0.2, -0.15) is 4.68 Å². The average Bonchev–Trinajstić information content (AvgIpc) is 3.37. The van der Waals surface area contributed by atoms with Crippen molar-refractivity contribution in [2.75, 3.05) is 10.2 Å². The Morgan fingerprint density at radius 3 is 2.40 bits per heavy atom. The van der Waals surface area contributed by atoms with E-state index in [1.165, 1.54) is 41.1 Å². The zero-order valence-corrected chi connectivity index (χ0v) is 19.0. The van der Waals surface area contributed by atoms with E-state index >= 15 is 0 Å². The monoisotopic (exact) mass is 470 g/mol. The molecule has 0 bridgehead atoms. The van der Waals surface area contributed by atoms with Crippen molar-refractivity contribution in [3.63, 3.8) is 0 Å². The molecular weight excluding hydrogens is 451 g/mol. The number of tetrazole rings is 1. The molecule has 0 radical (unpaired) electrons. The van der Waals surface area contributed by atoms with Crippen LogP contribution in [-0.4, -0.2) is 37.9 Å². The fraction of sp³-hybridized carbons (Fsp3) is 0.120. The van der Waals surface area contributed by atoms with Crippen LogP contribution in [0.1, 0.15) is 48.0 Å². The lowest BCUT2D eigenvalue weighted by molar-refractivity contribution is 0.0925. The summed E-state index contributed by atoms with van der Waals surface area (Å²) in [4.78, 5) is 40.2. The Hall–Kier alpha value is -4.73. The minimum Gasteiger partial charge on any atom is -0.322 e. The van der Waals surface area contributed by atoms with Crippen molar-refractivity contribution in [3.05, 3.63) is 94.1 Å². The van der Waals surface area contributed by atoms with Crippen LogP contribution in [0.25, 0.3) is 5.69 Å². The number of anilines is 2. The molecule has 35 heavy (non-hydrogen) atoms. The van der Waals surface area contributed by atoms with Gasteiger partial charge in [0.1, 0.15) is 11.5 Å². The predicted octanol–water partition coefficient (Wildman–Crippen LogP) is 3.78. The minimum absolute atomic E-state index is 0.0733. The SMILES string of the molecule is Cc1ccc(C)c(N2C(=O)c3ccc(C(=O)Nc4ccc(F)c(-n5nnnc5C)c4)cc3C2=O)c1. The summed E-state index contributed by atoms with van der Waals surface area (Å²) < 4.78 is 15.5. The third kappa shape index (κ3) is 3.74. The first kappa shape index (κ1) is 22.1. The molecule has 1 aromatic heterocycles. The molecule has 1 aliphatic rings. The number of halogens is 1. The van der Waals surface area contributed by atoms with E-state index in [0.29, 0.717) is 17.2 Å². The van der Waals surface area contributed by atoms with E-state index in [9.17, 15) is 18.8 Å². The Kier molecular flexibility index (Phi) is 5.20. The number of aryl methyl sites for hydroxylation is 3. The van der Waals surface area contributed by atoms with Crippen molar-refractivity contribution in [1.82, 2.24) is 20.2 Å². The number of nitrogens with one attached hydrogen (secondary N) is 1. The van der Waals surface area contributed by atoms with Crippen LogP contribution in [0.5, 0.6) is 0 Å². The summed E-state index contributed by atoms with van der Waals surface area (Å²) in [5.41, 5.74) is 3.14. The van der Waals surface area contributed by atoms with Crippen LogP contribution >= 0.6 is 0 Å². The van der Waals surface area contributed by atoms with Crippen molar-refractivity contribution in [2.45, 2.75) is 20.8 Å². The average molecular weight is 470 g/mol. The zero-order valence-electron chi connectivity index (χ0n) is 19.0. The maximum Gasteiger partial charge on any atom is 0.266 e. The largest absolute Gasteiger partial charge is 0.322 e. The summed E-state index contributed by atoms with van der Waals surface area (Å²) in [5.74, 6) is -1.64.